The highest BCUT2D eigenvalue weighted by Gasteiger charge is 2.30. The quantitative estimate of drug-likeness (QED) is 0.566. The minimum Gasteiger partial charge on any atom is -0.464 e. The van der Waals surface area contributed by atoms with Gasteiger partial charge in [-0.2, -0.15) is 0 Å². The number of hydrogen-bond donors (Lipinski definition) is 2. The van der Waals surface area contributed by atoms with Gasteiger partial charge >= 0.3 is 5.97 Å². The third-order valence-electron chi connectivity index (χ3n) is 2.55. The third kappa shape index (κ3) is 3.24. The van der Waals surface area contributed by atoms with Crippen molar-refractivity contribution in [2.75, 3.05) is 6.61 Å². The minimum absolute atomic E-state index is 0.0282. The zero-order valence-electron chi connectivity index (χ0n) is 10.3. The number of aliphatic hydroxyl groups excluding tert-OH is 2. The van der Waals surface area contributed by atoms with Crippen molar-refractivity contribution in [2.45, 2.75) is 19.1 Å². The fourth-order valence-electron chi connectivity index (χ4n) is 1.66. The van der Waals surface area contributed by atoms with Crippen LogP contribution in [0.3, 0.4) is 0 Å². The van der Waals surface area contributed by atoms with Crippen molar-refractivity contribution in [1.29, 1.82) is 0 Å². The van der Waals surface area contributed by atoms with Gasteiger partial charge in [0.05, 0.1) is 6.61 Å². The van der Waals surface area contributed by atoms with Gasteiger partial charge in [0, 0.05) is 16.7 Å². The van der Waals surface area contributed by atoms with E-state index >= 15 is 0 Å². The highest BCUT2D eigenvalue weighted by atomic mass is 16.5. The molecule has 0 aromatic heterocycles. The summed E-state index contributed by atoms with van der Waals surface area (Å²) in [6, 6.07) is 4.20. The second-order valence-electron chi connectivity index (χ2n) is 3.73. The van der Waals surface area contributed by atoms with Gasteiger partial charge in [-0.15, -0.1) is 0 Å². The summed E-state index contributed by atoms with van der Waals surface area (Å²) in [4.78, 5) is 33.1. The molecule has 1 rings (SSSR count). The molecule has 0 amide bonds. The highest BCUT2D eigenvalue weighted by molar-refractivity contribution is 5.87. The Morgan fingerprint density at radius 3 is 2.21 bits per heavy atom. The van der Waals surface area contributed by atoms with Crippen molar-refractivity contribution in [3.8, 4) is 0 Å². The van der Waals surface area contributed by atoms with E-state index in [1.807, 2.05) is 0 Å². The second kappa shape index (κ2) is 6.77. The number of esters is 1. The SMILES string of the molecule is CCOC(=O)C(O)C(O)c1c(C=O)cccc1C=O. The Morgan fingerprint density at radius 2 is 1.79 bits per heavy atom. The summed E-state index contributed by atoms with van der Waals surface area (Å²) in [5, 5.41) is 19.6. The van der Waals surface area contributed by atoms with Crippen LogP contribution in [0.2, 0.25) is 0 Å². The number of carbonyl (C=O) groups is 3. The number of rotatable bonds is 6. The molecule has 0 bridgehead atoms. The van der Waals surface area contributed by atoms with E-state index in [0.717, 1.165) is 0 Å². The van der Waals surface area contributed by atoms with Gasteiger partial charge in [0.2, 0.25) is 0 Å². The van der Waals surface area contributed by atoms with E-state index in [-0.39, 0.29) is 23.3 Å². The normalized spacial score (nSPS) is 13.4. The monoisotopic (exact) mass is 266 g/mol. The Balaban J connectivity index is 3.17. The lowest BCUT2D eigenvalue weighted by Crippen LogP contribution is -2.31. The van der Waals surface area contributed by atoms with Crippen molar-refractivity contribution in [2.24, 2.45) is 0 Å². The standard InChI is InChI=1S/C13H14O6/c1-2-19-13(18)12(17)11(16)10-8(6-14)4-3-5-9(10)7-15/h3-7,11-12,16-17H,2H2,1H3. The van der Waals surface area contributed by atoms with Gasteiger partial charge in [-0.1, -0.05) is 18.2 Å². The molecule has 0 aliphatic rings. The Labute approximate surface area is 109 Å². The van der Waals surface area contributed by atoms with Crippen LogP contribution < -0.4 is 0 Å². The van der Waals surface area contributed by atoms with Gasteiger partial charge in [-0.3, -0.25) is 9.59 Å². The Morgan fingerprint density at radius 1 is 1.26 bits per heavy atom. The van der Waals surface area contributed by atoms with Crippen molar-refractivity contribution >= 4 is 18.5 Å². The highest BCUT2D eigenvalue weighted by Crippen LogP contribution is 2.24. The topological polar surface area (TPSA) is 101 Å². The lowest BCUT2D eigenvalue weighted by atomic mass is 9.94. The van der Waals surface area contributed by atoms with Crippen LogP contribution in [-0.4, -0.2) is 41.5 Å². The van der Waals surface area contributed by atoms with Gasteiger partial charge in [-0.05, 0) is 6.92 Å². The molecule has 0 aliphatic heterocycles. The summed E-state index contributed by atoms with van der Waals surface area (Å²) in [7, 11) is 0. The predicted octanol–water partition coefficient (Wildman–Crippen LogP) is 0.269. The van der Waals surface area contributed by atoms with Crippen molar-refractivity contribution < 1.29 is 29.3 Å². The van der Waals surface area contributed by atoms with E-state index in [1.54, 1.807) is 6.92 Å². The summed E-state index contributed by atoms with van der Waals surface area (Å²) < 4.78 is 4.57. The predicted molar refractivity (Wildman–Crippen MR) is 64.8 cm³/mol. The van der Waals surface area contributed by atoms with Gasteiger partial charge < -0.3 is 14.9 Å². The zero-order chi connectivity index (χ0) is 14.4. The first kappa shape index (κ1) is 15.0. The molecular formula is C13H14O6. The number of hydrogen-bond acceptors (Lipinski definition) is 6. The van der Waals surface area contributed by atoms with E-state index in [9.17, 15) is 24.6 Å². The van der Waals surface area contributed by atoms with E-state index in [4.69, 9.17) is 0 Å². The molecule has 0 saturated carbocycles. The van der Waals surface area contributed by atoms with Crippen LogP contribution in [0.25, 0.3) is 0 Å². The zero-order valence-corrected chi connectivity index (χ0v) is 10.3. The Bertz CT molecular complexity index is 456. The summed E-state index contributed by atoms with van der Waals surface area (Å²) in [6.45, 7) is 1.59. The van der Waals surface area contributed by atoms with Gasteiger partial charge in [0.15, 0.2) is 6.10 Å². The summed E-state index contributed by atoms with van der Waals surface area (Å²) in [5.74, 6) is -1.02. The lowest BCUT2D eigenvalue weighted by Gasteiger charge is -2.19. The molecule has 0 spiro atoms. The number of ether oxygens (including phenoxy) is 1. The Hall–Kier alpha value is -2.05. The summed E-state index contributed by atoms with van der Waals surface area (Å²) in [5.41, 5.74) is -0.0334. The molecule has 19 heavy (non-hydrogen) atoms. The fraction of sp³-hybridized carbons (Fsp3) is 0.308. The first-order valence-corrected chi connectivity index (χ1v) is 5.62. The molecule has 0 aliphatic carbocycles. The molecule has 102 valence electrons. The molecule has 0 saturated heterocycles. The minimum atomic E-state index is -1.86. The molecule has 2 atom stereocenters. The summed E-state index contributed by atoms with van der Waals surface area (Å²) in [6.07, 6.45) is -2.70. The second-order valence-corrected chi connectivity index (χ2v) is 3.73. The lowest BCUT2D eigenvalue weighted by molar-refractivity contribution is -0.159. The van der Waals surface area contributed by atoms with Crippen LogP contribution in [-0.2, 0) is 9.53 Å². The van der Waals surface area contributed by atoms with E-state index in [2.05, 4.69) is 4.74 Å². The first-order chi connectivity index (χ1) is 9.06. The molecule has 0 radical (unpaired) electrons. The van der Waals surface area contributed by atoms with Crippen molar-refractivity contribution in [3.05, 3.63) is 34.9 Å². The van der Waals surface area contributed by atoms with Crippen molar-refractivity contribution in [3.63, 3.8) is 0 Å². The van der Waals surface area contributed by atoms with Gasteiger partial charge in [0.25, 0.3) is 0 Å². The average Bonchev–Trinajstić information content (AvgIpc) is 2.44. The maximum atomic E-state index is 11.3. The average molecular weight is 266 g/mol. The largest absolute Gasteiger partial charge is 0.464 e. The van der Waals surface area contributed by atoms with Crippen molar-refractivity contribution in [1.82, 2.24) is 0 Å². The number of aliphatic hydroxyl groups is 2. The van der Waals surface area contributed by atoms with Crippen LogP contribution in [0.15, 0.2) is 18.2 Å². The molecule has 6 nitrogen and oxygen atoms in total. The fourth-order valence-corrected chi connectivity index (χ4v) is 1.66. The third-order valence-corrected chi connectivity index (χ3v) is 2.55. The number of benzene rings is 1. The molecule has 2 unspecified atom stereocenters. The van der Waals surface area contributed by atoms with E-state index < -0.39 is 18.2 Å². The summed E-state index contributed by atoms with van der Waals surface area (Å²) >= 11 is 0. The molecule has 2 N–H and O–H groups in total. The van der Waals surface area contributed by atoms with Crippen LogP contribution >= 0.6 is 0 Å². The molecular weight excluding hydrogens is 252 g/mol. The number of aldehydes is 2. The number of carbonyl (C=O) groups excluding carboxylic acids is 3. The smallest absolute Gasteiger partial charge is 0.338 e. The maximum Gasteiger partial charge on any atom is 0.338 e. The van der Waals surface area contributed by atoms with E-state index in [1.165, 1.54) is 18.2 Å². The van der Waals surface area contributed by atoms with Crippen LogP contribution in [0.5, 0.6) is 0 Å². The molecule has 1 aromatic rings. The van der Waals surface area contributed by atoms with Crippen LogP contribution in [0.1, 0.15) is 39.3 Å². The first-order valence-electron chi connectivity index (χ1n) is 5.62. The molecule has 6 heteroatoms. The molecule has 1 aromatic carbocycles. The maximum absolute atomic E-state index is 11.3. The molecule has 0 fully saturated rings. The van der Waals surface area contributed by atoms with Crippen LogP contribution in [0.4, 0.5) is 0 Å². The van der Waals surface area contributed by atoms with E-state index in [0.29, 0.717) is 12.6 Å². The van der Waals surface area contributed by atoms with Gasteiger partial charge in [-0.25, -0.2) is 4.79 Å². The Kier molecular flexibility index (Phi) is 5.35. The molecule has 0 heterocycles. The van der Waals surface area contributed by atoms with Gasteiger partial charge in [0.1, 0.15) is 18.7 Å². The van der Waals surface area contributed by atoms with Crippen LogP contribution in [0, 0.1) is 0 Å².